The van der Waals surface area contributed by atoms with Crippen molar-refractivity contribution in [3.8, 4) is 0 Å². The third-order valence-electron chi connectivity index (χ3n) is 5.68. The molecule has 1 saturated heterocycles. The number of nitro groups is 1. The predicted octanol–water partition coefficient (Wildman–Crippen LogP) is 1.66. The zero-order valence-corrected chi connectivity index (χ0v) is 15.6. The number of hydrogen-bond donors (Lipinski definition) is 1. The summed E-state index contributed by atoms with van der Waals surface area (Å²) < 4.78 is 0. The number of nitrogens with one attached hydrogen (secondary N) is 1. The second-order valence-corrected chi connectivity index (χ2v) is 7.24. The van der Waals surface area contributed by atoms with E-state index in [1.165, 1.54) is 37.1 Å². The van der Waals surface area contributed by atoms with E-state index in [2.05, 4.69) is 10.2 Å². The summed E-state index contributed by atoms with van der Waals surface area (Å²) in [5.41, 5.74) is 0.425. The highest BCUT2D eigenvalue weighted by atomic mass is 16.6. The minimum absolute atomic E-state index is 0.0265. The molecule has 27 heavy (non-hydrogen) atoms. The molecular weight excluding hydrogens is 348 g/mol. The number of nitrogens with zero attached hydrogens (tertiary/aromatic N) is 3. The summed E-state index contributed by atoms with van der Waals surface area (Å²) in [6, 6.07) is 5.59. The second-order valence-electron chi connectivity index (χ2n) is 7.24. The number of hydrogen-bond acceptors (Lipinski definition) is 5. The molecule has 1 aromatic carbocycles. The fraction of sp³-hybridized carbons (Fsp3) is 0.579. The Kier molecular flexibility index (Phi) is 6.05. The summed E-state index contributed by atoms with van der Waals surface area (Å²) in [5.74, 6) is 0.334. The molecule has 8 nitrogen and oxygen atoms in total. The largest absolute Gasteiger partial charge is 0.358 e. The summed E-state index contributed by atoms with van der Waals surface area (Å²) in [7, 11) is 1.68. The number of piperazine rings is 1. The van der Waals surface area contributed by atoms with Crippen LogP contribution in [0.1, 0.15) is 36.0 Å². The molecule has 0 bridgehead atoms. The molecule has 8 heteroatoms. The maximum atomic E-state index is 12.7. The predicted molar refractivity (Wildman–Crippen MR) is 100 cm³/mol. The molecule has 0 aromatic heterocycles. The molecule has 0 unspecified atom stereocenters. The van der Waals surface area contributed by atoms with Crippen molar-refractivity contribution in [1.29, 1.82) is 0 Å². The van der Waals surface area contributed by atoms with Gasteiger partial charge in [0.15, 0.2) is 0 Å². The fourth-order valence-electron chi connectivity index (χ4n) is 4.21. The Hall–Kier alpha value is -2.48. The number of carbonyl (C=O) groups excluding carboxylic acids is 2. The van der Waals surface area contributed by atoms with Crippen molar-refractivity contribution in [1.82, 2.24) is 15.1 Å². The van der Waals surface area contributed by atoms with Gasteiger partial charge in [-0.25, -0.2) is 0 Å². The molecule has 2 amide bonds. The van der Waals surface area contributed by atoms with Crippen LogP contribution < -0.4 is 5.32 Å². The van der Waals surface area contributed by atoms with Gasteiger partial charge in [0.2, 0.25) is 5.91 Å². The van der Waals surface area contributed by atoms with Crippen molar-refractivity contribution in [3.63, 3.8) is 0 Å². The minimum atomic E-state index is -0.477. The third kappa shape index (κ3) is 4.27. The molecule has 1 saturated carbocycles. The Morgan fingerprint density at radius 3 is 2.22 bits per heavy atom. The van der Waals surface area contributed by atoms with Gasteiger partial charge in [0.05, 0.1) is 11.0 Å². The summed E-state index contributed by atoms with van der Waals surface area (Å²) in [4.78, 5) is 39.3. The van der Waals surface area contributed by atoms with Crippen molar-refractivity contribution in [2.24, 2.45) is 5.92 Å². The molecule has 0 radical (unpaired) electrons. The van der Waals surface area contributed by atoms with Gasteiger partial charge in [0, 0.05) is 50.9 Å². The zero-order chi connectivity index (χ0) is 19.4. The first-order valence-electron chi connectivity index (χ1n) is 9.50. The molecule has 1 aromatic rings. The number of non-ortho nitro benzene ring substituents is 1. The first-order chi connectivity index (χ1) is 13.0. The van der Waals surface area contributed by atoms with Gasteiger partial charge in [-0.3, -0.25) is 24.6 Å². The maximum Gasteiger partial charge on any atom is 0.269 e. The van der Waals surface area contributed by atoms with E-state index >= 15 is 0 Å². The summed E-state index contributed by atoms with van der Waals surface area (Å²) >= 11 is 0. The quantitative estimate of drug-likeness (QED) is 0.625. The van der Waals surface area contributed by atoms with Crippen LogP contribution in [0.5, 0.6) is 0 Å². The van der Waals surface area contributed by atoms with Crippen molar-refractivity contribution < 1.29 is 14.5 Å². The topological polar surface area (TPSA) is 95.8 Å². The molecule has 3 rings (SSSR count). The van der Waals surface area contributed by atoms with Crippen LogP contribution in [0, 0.1) is 16.0 Å². The molecule has 1 aliphatic heterocycles. The molecule has 0 spiro atoms. The van der Waals surface area contributed by atoms with Crippen LogP contribution >= 0.6 is 0 Å². The normalized spacial score (nSPS) is 19.7. The Balaban J connectivity index is 1.62. The highest BCUT2D eigenvalue weighted by Crippen LogP contribution is 2.31. The Labute approximate surface area is 158 Å². The van der Waals surface area contributed by atoms with E-state index in [1.54, 1.807) is 11.9 Å². The average molecular weight is 374 g/mol. The average Bonchev–Trinajstić information content (AvgIpc) is 3.22. The molecule has 1 heterocycles. The number of amides is 2. The number of carbonyl (C=O) groups is 2. The molecule has 1 N–H and O–H groups in total. The Morgan fingerprint density at radius 1 is 1.11 bits per heavy atom. The van der Waals surface area contributed by atoms with Crippen molar-refractivity contribution in [2.45, 2.75) is 31.7 Å². The van der Waals surface area contributed by atoms with Gasteiger partial charge in [-0.2, -0.15) is 0 Å². The fourth-order valence-corrected chi connectivity index (χ4v) is 4.21. The monoisotopic (exact) mass is 374 g/mol. The standard InChI is InChI=1S/C19H26N4O4/c1-20-18(24)17(14-4-2-3-5-14)21-10-12-22(13-11-21)19(25)15-6-8-16(9-7-15)23(26)27/h6-9,14,17H,2-5,10-13H2,1H3,(H,20,24)/t17-/m1/s1. The van der Waals surface area contributed by atoms with Crippen molar-refractivity contribution >= 4 is 17.5 Å². The van der Waals surface area contributed by atoms with Gasteiger partial charge in [0.25, 0.3) is 11.6 Å². The SMILES string of the molecule is CNC(=O)[C@@H](C1CCCC1)N1CCN(C(=O)c2ccc([N+](=O)[O-])cc2)CC1. The summed E-state index contributed by atoms with van der Waals surface area (Å²) in [6.07, 6.45) is 4.52. The van der Waals surface area contributed by atoms with Crippen LogP contribution in [0.25, 0.3) is 0 Å². The number of nitro benzene ring substituents is 1. The van der Waals surface area contributed by atoms with E-state index in [9.17, 15) is 19.7 Å². The van der Waals surface area contributed by atoms with Crippen molar-refractivity contribution in [2.75, 3.05) is 33.2 Å². The van der Waals surface area contributed by atoms with E-state index in [4.69, 9.17) is 0 Å². The van der Waals surface area contributed by atoms with Gasteiger partial charge < -0.3 is 10.2 Å². The lowest BCUT2D eigenvalue weighted by molar-refractivity contribution is -0.384. The number of benzene rings is 1. The van der Waals surface area contributed by atoms with Crippen LogP contribution in [0.3, 0.4) is 0 Å². The van der Waals surface area contributed by atoms with Gasteiger partial charge in [-0.1, -0.05) is 12.8 Å². The van der Waals surface area contributed by atoms with Crippen LogP contribution in [0.2, 0.25) is 0 Å². The van der Waals surface area contributed by atoms with Gasteiger partial charge >= 0.3 is 0 Å². The summed E-state index contributed by atoms with van der Waals surface area (Å²) in [5, 5.41) is 13.5. The first kappa shape index (κ1) is 19.3. The van der Waals surface area contributed by atoms with Crippen LogP contribution in [-0.2, 0) is 4.79 Å². The molecule has 1 atom stereocenters. The van der Waals surface area contributed by atoms with Crippen LogP contribution in [0.4, 0.5) is 5.69 Å². The highest BCUT2D eigenvalue weighted by Gasteiger charge is 2.36. The lowest BCUT2D eigenvalue weighted by atomic mass is 9.95. The van der Waals surface area contributed by atoms with Gasteiger partial charge in [-0.15, -0.1) is 0 Å². The number of likely N-dealkylation sites (N-methyl/N-ethyl adjacent to an activating group) is 1. The van der Waals surface area contributed by atoms with E-state index in [0.717, 1.165) is 12.8 Å². The molecule has 146 valence electrons. The van der Waals surface area contributed by atoms with E-state index < -0.39 is 4.92 Å². The zero-order valence-electron chi connectivity index (χ0n) is 15.6. The molecule has 2 aliphatic rings. The summed E-state index contributed by atoms with van der Waals surface area (Å²) in [6.45, 7) is 2.42. The molecular formula is C19H26N4O4. The van der Waals surface area contributed by atoms with Gasteiger partial charge in [-0.05, 0) is 30.9 Å². The lowest BCUT2D eigenvalue weighted by Crippen LogP contribution is -2.57. The Bertz CT molecular complexity index is 692. The van der Waals surface area contributed by atoms with Crippen LogP contribution in [-0.4, -0.2) is 65.8 Å². The van der Waals surface area contributed by atoms with E-state index in [-0.39, 0.29) is 23.5 Å². The highest BCUT2D eigenvalue weighted by molar-refractivity contribution is 5.94. The second kappa shape index (κ2) is 8.47. The minimum Gasteiger partial charge on any atom is -0.358 e. The maximum absolute atomic E-state index is 12.7. The van der Waals surface area contributed by atoms with Crippen LogP contribution in [0.15, 0.2) is 24.3 Å². The smallest absolute Gasteiger partial charge is 0.269 e. The number of rotatable bonds is 5. The van der Waals surface area contributed by atoms with E-state index in [1.807, 2.05) is 0 Å². The third-order valence-corrected chi connectivity index (χ3v) is 5.68. The van der Waals surface area contributed by atoms with Crippen molar-refractivity contribution in [3.05, 3.63) is 39.9 Å². The first-order valence-corrected chi connectivity index (χ1v) is 9.50. The Morgan fingerprint density at radius 2 is 1.70 bits per heavy atom. The lowest BCUT2D eigenvalue weighted by Gasteiger charge is -2.40. The molecule has 1 aliphatic carbocycles. The van der Waals surface area contributed by atoms with Gasteiger partial charge in [0.1, 0.15) is 0 Å². The van der Waals surface area contributed by atoms with E-state index in [0.29, 0.717) is 37.7 Å². The molecule has 2 fully saturated rings.